The van der Waals surface area contributed by atoms with Crippen molar-refractivity contribution in [3.63, 3.8) is 0 Å². The highest BCUT2D eigenvalue weighted by molar-refractivity contribution is 6.30. The van der Waals surface area contributed by atoms with Crippen molar-refractivity contribution in [2.45, 2.75) is 19.4 Å². The van der Waals surface area contributed by atoms with Gasteiger partial charge in [-0.25, -0.2) is 0 Å². The molecule has 0 aromatic heterocycles. The normalized spacial score (nSPS) is 20.7. The highest BCUT2D eigenvalue weighted by atomic mass is 35.5. The fourth-order valence-electron chi connectivity index (χ4n) is 2.31. The van der Waals surface area contributed by atoms with Crippen LogP contribution >= 0.6 is 11.6 Å². The molecule has 0 saturated carbocycles. The number of rotatable bonds is 3. The van der Waals surface area contributed by atoms with E-state index >= 15 is 0 Å². The molecule has 98 valence electrons. The van der Waals surface area contributed by atoms with Gasteiger partial charge in [-0.05, 0) is 37.6 Å². The summed E-state index contributed by atoms with van der Waals surface area (Å²) in [6.07, 6.45) is 0.941. The van der Waals surface area contributed by atoms with Crippen LogP contribution in [0, 0.1) is 5.92 Å². The summed E-state index contributed by atoms with van der Waals surface area (Å²) < 4.78 is 0. The SMILES string of the molecule is CC(c1ccc(Cl)cc1)N(C)C(=O)C1CCNC1. The van der Waals surface area contributed by atoms with E-state index in [-0.39, 0.29) is 17.9 Å². The van der Waals surface area contributed by atoms with Crippen molar-refractivity contribution in [3.05, 3.63) is 34.9 Å². The molecule has 0 radical (unpaired) electrons. The number of hydrogen-bond acceptors (Lipinski definition) is 2. The van der Waals surface area contributed by atoms with Crippen molar-refractivity contribution in [1.82, 2.24) is 10.2 Å². The van der Waals surface area contributed by atoms with Crippen LogP contribution in [-0.4, -0.2) is 30.9 Å². The molecule has 1 heterocycles. The van der Waals surface area contributed by atoms with Crippen LogP contribution in [0.1, 0.15) is 24.9 Å². The smallest absolute Gasteiger partial charge is 0.227 e. The molecule has 1 aromatic carbocycles. The Balaban J connectivity index is 2.05. The lowest BCUT2D eigenvalue weighted by Gasteiger charge is -2.27. The summed E-state index contributed by atoms with van der Waals surface area (Å²) in [7, 11) is 1.87. The van der Waals surface area contributed by atoms with Gasteiger partial charge >= 0.3 is 0 Å². The number of carbonyl (C=O) groups is 1. The third-order valence-electron chi connectivity index (χ3n) is 3.69. The average molecular weight is 267 g/mol. The zero-order valence-electron chi connectivity index (χ0n) is 10.8. The van der Waals surface area contributed by atoms with Gasteiger partial charge in [-0.3, -0.25) is 4.79 Å². The van der Waals surface area contributed by atoms with E-state index in [0.29, 0.717) is 0 Å². The maximum Gasteiger partial charge on any atom is 0.227 e. The zero-order chi connectivity index (χ0) is 13.1. The van der Waals surface area contributed by atoms with E-state index < -0.39 is 0 Å². The number of nitrogens with zero attached hydrogens (tertiary/aromatic N) is 1. The second-order valence-electron chi connectivity index (χ2n) is 4.87. The van der Waals surface area contributed by atoms with Crippen molar-refractivity contribution in [1.29, 1.82) is 0 Å². The van der Waals surface area contributed by atoms with Crippen molar-refractivity contribution in [2.75, 3.05) is 20.1 Å². The fourth-order valence-corrected chi connectivity index (χ4v) is 2.44. The Morgan fingerprint density at radius 1 is 1.44 bits per heavy atom. The first kappa shape index (κ1) is 13.4. The first-order valence-electron chi connectivity index (χ1n) is 6.32. The van der Waals surface area contributed by atoms with Gasteiger partial charge in [0, 0.05) is 18.6 Å². The largest absolute Gasteiger partial charge is 0.339 e. The monoisotopic (exact) mass is 266 g/mol. The number of amides is 1. The Morgan fingerprint density at radius 3 is 2.67 bits per heavy atom. The molecule has 1 fully saturated rings. The van der Waals surface area contributed by atoms with Crippen molar-refractivity contribution in [2.24, 2.45) is 5.92 Å². The molecule has 1 aliphatic rings. The van der Waals surface area contributed by atoms with Gasteiger partial charge in [0.15, 0.2) is 0 Å². The van der Waals surface area contributed by atoms with Gasteiger partial charge in [0.05, 0.1) is 12.0 Å². The lowest BCUT2D eigenvalue weighted by molar-refractivity contribution is -0.135. The summed E-state index contributed by atoms with van der Waals surface area (Å²) in [6, 6.07) is 7.76. The van der Waals surface area contributed by atoms with E-state index in [4.69, 9.17) is 11.6 Å². The van der Waals surface area contributed by atoms with Crippen LogP contribution in [0.5, 0.6) is 0 Å². The summed E-state index contributed by atoms with van der Waals surface area (Å²) in [5.41, 5.74) is 1.11. The number of hydrogen-bond donors (Lipinski definition) is 1. The topological polar surface area (TPSA) is 32.3 Å². The van der Waals surface area contributed by atoms with Gasteiger partial charge in [-0.15, -0.1) is 0 Å². The van der Waals surface area contributed by atoms with E-state index in [0.717, 1.165) is 30.1 Å². The Hall–Kier alpha value is -1.06. The van der Waals surface area contributed by atoms with Crippen LogP contribution in [0.15, 0.2) is 24.3 Å². The summed E-state index contributed by atoms with van der Waals surface area (Å²) >= 11 is 5.87. The quantitative estimate of drug-likeness (QED) is 0.912. The molecule has 0 aliphatic carbocycles. The zero-order valence-corrected chi connectivity index (χ0v) is 11.6. The molecule has 0 bridgehead atoms. The molecule has 2 rings (SSSR count). The molecule has 1 aliphatic heterocycles. The summed E-state index contributed by atoms with van der Waals surface area (Å²) in [6.45, 7) is 3.79. The Bertz CT molecular complexity index is 412. The van der Waals surface area contributed by atoms with Gasteiger partial charge in [-0.2, -0.15) is 0 Å². The Morgan fingerprint density at radius 2 is 2.11 bits per heavy atom. The third-order valence-corrected chi connectivity index (χ3v) is 3.94. The second-order valence-corrected chi connectivity index (χ2v) is 5.30. The summed E-state index contributed by atoms with van der Waals surface area (Å²) in [5.74, 6) is 0.354. The molecule has 2 atom stereocenters. The van der Waals surface area contributed by atoms with Crippen LogP contribution in [0.4, 0.5) is 0 Å². The number of nitrogens with one attached hydrogen (secondary N) is 1. The number of halogens is 1. The van der Waals surface area contributed by atoms with Gasteiger partial charge < -0.3 is 10.2 Å². The highest BCUT2D eigenvalue weighted by Gasteiger charge is 2.27. The minimum absolute atomic E-state index is 0.0790. The van der Waals surface area contributed by atoms with Crippen molar-refractivity contribution < 1.29 is 4.79 Å². The molecular weight excluding hydrogens is 248 g/mol. The fraction of sp³-hybridized carbons (Fsp3) is 0.500. The minimum Gasteiger partial charge on any atom is -0.339 e. The average Bonchev–Trinajstić information content (AvgIpc) is 2.91. The van der Waals surface area contributed by atoms with Crippen molar-refractivity contribution >= 4 is 17.5 Å². The van der Waals surface area contributed by atoms with Crippen LogP contribution < -0.4 is 5.32 Å². The molecule has 0 spiro atoms. The summed E-state index contributed by atoms with van der Waals surface area (Å²) in [4.78, 5) is 14.1. The van der Waals surface area contributed by atoms with E-state index in [9.17, 15) is 4.79 Å². The van der Waals surface area contributed by atoms with Crippen LogP contribution in [0.25, 0.3) is 0 Å². The standard InChI is InChI=1S/C14H19ClN2O/c1-10(11-3-5-13(15)6-4-11)17(2)14(18)12-7-8-16-9-12/h3-6,10,12,16H,7-9H2,1-2H3. The van der Waals surface area contributed by atoms with Crippen LogP contribution in [-0.2, 0) is 4.79 Å². The van der Waals surface area contributed by atoms with Crippen molar-refractivity contribution in [3.8, 4) is 0 Å². The van der Waals surface area contributed by atoms with Crippen LogP contribution in [0.3, 0.4) is 0 Å². The molecule has 3 nitrogen and oxygen atoms in total. The lowest BCUT2D eigenvalue weighted by Crippen LogP contribution is -2.35. The van der Waals surface area contributed by atoms with E-state index in [1.165, 1.54) is 0 Å². The van der Waals surface area contributed by atoms with E-state index in [1.807, 2.05) is 43.1 Å². The maximum absolute atomic E-state index is 12.3. The van der Waals surface area contributed by atoms with Gasteiger partial charge in [0.25, 0.3) is 0 Å². The lowest BCUT2D eigenvalue weighted by atomic mass is 10.0. The minimum atomic E-state index is 0.0790. The number of benzene rings is 1. The van der Waals surface area contributed by atoms with E-state index in [1.54, 1.807) is 0 Å². The first-order chi connectivity index (χ1) is 8.59. The molecular formula is C14H19ClN2O. The summed E-state index contributed by atoms with van der Waals surface area (Å²) in [5, 5.41) is 3.95. The molecule has 1 N–H and O–H groups in total. The Labute approximate surface area is 113 Å². The predicted octanol–water partition coefficient (Wildman–Crippen LogP) is 2.47. The molecule has 18 heavy (non-hydrogen) atoms. The van der Waals surface area contributed by atoms with Gasteiger partial charge in [0.1, 0.15) is 0 Å². The van der Waals surface area contributed by atoms with Gasteiger partial charge in [0.2, 0.25) is 5.91 Å². The molecule has 2 unspecified atom stereocenters. The number of carbonyl (C=O) groups excluding carboxylic acids is 1. The molecule has 1 aromatic rings. The predicted molar refractivity (Wildman–Crippen MR) is 73.6 cm³/mol. The molecule has 1 saturated heterocycles. The van der Waals surface area contributed by atoms with Crippen LogP contribution in [0.2, 0.25) is 5.02 Å². The molecule has 1 amide bonds. The van der Waals surface area contributed by atoms with Gasteiger partial charge in [-0.1, -0.05) is 23.7 Å². The van der Waals surface area contributed by atoms with E-state index in [2.05, 4.69) is 5.32 Å². The third kappa shape index (κ3) is 2.85. The Kier molecular flexibility index (Phi) is 4.25. The first-order valence-corrected chi connectivity index (χ1v) is 6.70. The molecule has 4 heteroatoms. The second kappa shape index (κ2) is 5.72. The maximum atomic E-state index is 12.3. The highest BCUT2D eigenvalue weighted by Crippen LogP contribution is 2.23.